The summed E-state index contributed by atoms with van der Waals surface area (Å²) in [6, 6.07) is 10.6. The van der Waals surface area contributed by atoms with Crippen molar-refractivity contribution in [2.45, 2.75) is 93.7 Å². The summed E-state index contributed by atoms with van der Waals surface area (Å²) in [5, 5.41) is 13.2. The van der Waals surface area contributed by atoms with Crippen LogP contribution in [0, 0.1) is 5.92 Å². The summed E-state index contributed by atoms with van der Waals surface area (Å²) >= 11 is 0. The first-order valence-electron chi connectivity index (χ1n) is 14.1. The fraction of sp³-hybridized carbons (Fsp3) is 0.600. The number of aromatic nitrogens is 1. The highest BCUT2D eigenvalue weighted by molar-refractivity contribution is 5.99. The SMILES string of the molecule is C[C@]1(O)CC[C@H](NC(=O)c2cc(-c3ccc([C@]45C[C@H]4CN(C4CCC(F)(F)CC4)C5)cc3)cnc2N)CC1. The number of piperidine rings is 1. The Bertz CT molecular complexity index is 1200. The molecule has 4 N–H and O–H groups in total. The lowest BCUT2D eigenvalue weighted by molar-refractivity contribution is -0.0526. The second-order valence-corrected chi connectivity index (χ2v) is 12.6. The van der Waals surface area contributed by atoms with Gasteiger partial charge in [0.1, 0.15) is 5.82 Å². The minimum absolute atomic E-state index is 0.0128. The zero-order valence-corrected chi connectivity index (χ0v) is 22.1. The predicted octanol–water partition coefficient (Wildman–Crippen LogP) is 4.91. The summed E-state index contributed by atoms with van der Waals surface area (Å²) in [6.07, 6.45) is 6.87. The molecular weight excluding hydrogens is 486 g/mol. The Morgan fingerprint density at radius 1 is 1.08 bits per heavy atom. The number of aliphatic hydroxyl groups is 1. The molecule has 0 bridgehead atoms. The molecule has 204 valence electrons. The van der Waals surface area contributed by atoms with Gasteiger partial charge in [-0.25, -0.2) is 13.8 Å². The number of carbonyl (C=O) groups excluding carboxylic acids is 1. The zero-order valence-electron chi connectivity index (χ0n) is 22.1. The van der Waals surface area contributed by atoms with Crippen LogP contribution in [-0.2, 0) is 5.41 Å². The Morgan fingerprint density at radius 3 is 2.45 bits per heavy atom. The number of benzene rings is 1. The van der Waals surface area contributed by atoms with E-state index in [0.717, 1.165) is 43.5 Å². The molecule has 38 heavy (non-hydrogen) atoms. The Balaban J connectivity index is 1.12. The van der Waals surface area contributed by atoms with E-state index in [1.54, 1.807) is 12.3 Å². The molecule has 1 saturated heterocycles. The molecular formula is C30H38F2N4O2. The Morgan fingerprint density at radius 2 is 1.76 bits per heavy atom. The molecule has 1 aliphatic heterocycles. The molecule has 6 nitrogen and oxygen atoms in total. The van der Waals surface area contributed by atoms with Gasteiger partial charge in [0.2, 0.25) is 5.92 Å². The van der Waals surface area contributed by atoms with Crippen molar-refractivity contribution in [1.82, 2.24) is 15.2 Å². The molecule has 4 aliphatic rings. The number of nitrogens with two attached hydrogens (primary N) is 1. The van der Waals surface area contributed by atoms with Gasteiger partial charge in [-0.2, -0.15) is 0 Å². The number of nitrogen functional groups attached to an aromatic ring is 1. The van der Waals surface area contributed by atoms with E-state index in [0.29, 0.717) is 37.2 Å². The number of nitrogens with zero attached hydrogens (tertiary/aromatic N) is 2. The first-order valence-corrected chi connectivity index (χ1v) is 14.1. The standard InChI is InChI=1S/C30H38F2N4O2/c1-28(38)10-6-23(7-11-28)35-27(37)25-14-20(16-34-26(25)33)19-2-4-21(5-3-19)29-15-22(29)17-36(18-29)24-8-12-30(31,32)13-9-24/h2-5,14,16,22-24,38H,6-13,15,17-18H2,1H3,(H2,33,34)(H,35,37)/t22-,23-,28-,29+/m0/s1. The predicted molar refractivity (Wildman–Crippen MR) is 143 cm³/mol. The molecule has 3 saturated carbocycles. The molecule has 0 radical (unpaired) electrons. The number of hydrogen-bond acceptors (Lipinski definition) is 5. The highest BCUT2D eigenvalue weighted by Crippen LogP contribution is 2.60. The monoisotopic (exact) mass is 524 g/mol. The van der Waals surface area contributed by atoms with E-state index in [4.69, 9.17) is 5.73 Å². The average molecular weight is 525 g/mol. The second kappa shape index (κ2) is 9.26. The zero-order chi connectivity index (χ0) is 26.7. The fourth-order valence-corrected chi connectivity index (χ4v) is 7.09. The van der Waals surface area contributed by atoms with E-state index in [9.17, 15) is 18.7 Å². The van der Waals surface area contributed by atoms with Gasteiger partial charge in [0.25, 0.3) is 5.91 Å². The van der Waals surface area contributed by atoms with Gasteiger partial charge in [0.15, 0.2) is 0 Å². The van der Waals surface area contributed by atoms with Crippen LogP contribution in [0.25, 0.3) is 11.1 Å². The van der Waals surface area contributed by atoms with Crippen molar-refractivity contribution in [3.63, 3.8) is 0 Å². The molecule has 8 heteroatoms. The fourth-order valence-electron chi connectivity index (χ4n) is 7.09. The molecule has 1 aromatic heterocycles. The highest BCUT2D eigenvalue weighted by atomic mass is 19.3. The number of anilines is 1. The molecule has 1 amide bonds. The summed E-state index contributed by atoms with van der Waals surface area (Å²) < 4.78 is 27.3. The maximum absolute atomic E-state index is 13.6. The summed E-state index contributed by atoms with van der Waals surface area (Å²) in [5.74, 6) is -1.90. The molecule has 1 aromatic carbocycles. The van der Waals surface area contributed by atoms with Crippen LogP contribution in [0.1, 0.15) is 80.6 Å². The Kier molecular flexibility index (Phi) is 6.26. The largest absolute Gasteiger partial charge is 0.390 e. The van der Waals surface area contributed by atoms with Crippen molar-refractivity contribution in [3.8, 4) is 11.1 Å². The van der Waals surface area contributed by atoms with Crippen LogP contribution in [0.3, 0.4) is 0 Å². The molecule has 2 atom stereocenters. The third-order valence-electron chi connectivity index (χ3n) is 9.73. The smallest absolute Gasteiger partial charge is 0.255 e. The van der Waals surface area contributed by atoms with Gasteiger partial charge in [-0.15, -0.1) is 0 Å². The number of nitrogens with one attached hydrogen (secondary N) is 1. The number of carbonyl (C=O) groups is 1. The van der Waals surface area contributed by atoms with Gasteiger partial charge >= 0.3 is 0 Å². The maximum atomic E-state index is 13.6. The van der Waals surface area contributed by atoms with Crippen molar-refractivity contribution < 1.29 is 18.7 Å². The quantitative estimate of drug-likeness (QED) is 0.517. The number of alkyl halides is 2. The van der Waals surface area contributed by atoms with E-state index < -0.39 is 11.5 Å². The van der Waals surface area contributed by atoms with Crippen molar-refractivity contribution >= 4 is 11.7 Å². The van der Waals surface area contributed by atoms with E-state index >= 15 is 0 Å². The van der Waals surface area contributed by atoms with Crippen LogP contribution in [0.5, 0.6) is 0 Å². The van der Waals surface area contributed by atoms with Gasteiger partial charge in [0, 0.05) is 55.2 Å². The second-order valence-electron chi connectivity index (χ2n) is 12.6. The minimum Gasteiger partial charge on any atom is -0.390 e. The Hall–Kier alpha value is -2.58. The number of amides is 1. The van der Waals surface area contributed by atoms with E-state index in [2.05, 4.69) is 39.5 Å². The number of hydrogen-bond donors (Lipinski definition) is 3. The molecule has 0 unspecified atom stereocenters. The highest BCUT2D eigenvalue weighted by Gasteiger charge is 2.61. The van der Waals surface area contributed by atoms with Crippen LogP contribution in [0.15, 0.2) is 36.5 Å². The third kappa shape index (κ3) is 4.93. The molecule has 2 aromatic rings. The van der Waals surface area contributed by atoms with E-state index in [1.807, 2.05) is 6.92 Å². The first-order chi connectivity index (χ1) is 18.0. The van der Waals surface area contributed by atoms with Gasteiger partial charge < -0.3 is 16.2 Å². The number of likely N-dealkylation sites (tertiary alicyclic amines) is 1. The molecule has 3 aliphatic carbocycles. The lowest BCUT2D eigenvalue weighted by Crippen LogP contribution is -2.42. The van der Waals surface area contributed by atoms with Crippen LogP contribution in [-0.4, -0.2) is 57.6 Å². The lowest BCUT2D eigenvalue weighted by Gasteiger charge is -2.36. The van der Waals surface area contributed by atoms with Crippen molar-refractivity contribution in [3.05, 3.63) is 47.7 Å². The summed E-state index contributed by atoms with van der Waals surface area (Å²) in [6.45, 7) is 3.81. The molecule has 4 fully saturated rings. The number of halogens is 2. The molecule has 0 spiro atoms. The van der Waals surface area contributed by atoms with Crippen LogP contribution < -0.4 is 11.1 Å². The Labute approximate surface area is 223 Å². The van der Waals surface area contributed by atoms with Crippen molar-refractivity contribution in [2.24, 2.45) is 5.92 Å². The number of fused-ring (bicyclic) bond motifs is 1. The third-order valence-corrected chi connectivity index (χ3v) is 9.73. The van der Waals surface area contributed by atoms with Gasteiger partial charge in [-0.1, -0.05) is 24.3 Å². The van der Waals surface area contributed by atoms with Crippen LogP contribution >= 0.6 is 0 Å². The van der Waals surface area contributed by atoms with Crippen LogP contribution in [0.2, 0.25) is 0 Å². The lowest BCUT2D eigenvalue weighted by atomic mass is 9.83. The topological polar surface area (TPSA) is 91.5 Å². The summed E-state index contributed by atoms with van der Waals surface area (Å²) in [7, 11) is 0. The first kappa shape index (κ1) is 25.7. The van der Waals surface area contributed by atoms with Gasteiger partial charge in [-0.3, -0.25) is 9.69 Å². The molecule has 6 rings (SSSR count). The maximum Gasteiger partial charge on any atom is 0.255 e. The van der Waals surface area contributed by atoms with E-state index in [-0.39, 0.29) is 42.1 Å². The normalized spacial score (nSPS) is 33.1. The number of rotatable bonds is 5. The average Bonchev–Trinajstić information content (AvgIpc) is 3.46. The minimum atomic E-state index is -2.48. The summed E-state index contributed by atoms with van der Waals surface area (Å²) in [4.78, 5) is 19.8. The van der Waals surface area contributed by atoms with Crippen molar-refractivity contribution in [2.75, 3.05) is 18.8 Å². The van der Waals surface area contributed by atoms with E-state index in [1.165, 1.54) is 5.56 Å². The van der Waals surface area contributed by atoms with Crippen LogP contribution in [0.4, 0.5) is 14.6 Å². The van der Waals surface area contributed by atoms with Gasteiger partial charge in [0.05, 0.1) is 11.2 Å². The van der Waals surface area contributed by atoms with Crippen molar-refractivity contribution in [1.29, 1.82) is 0 Å². The molecule has 2 heterocycles. The number of pyridine rings is 1. The van der Waals surface area contributed by atoms with Gasteiger partial charge in [-0.05, 0) is 75.0 Å². The summed E-state index contributed by atoms with van der Waals surface area (Å²) in [5.41, 5.74) is 9.06.